The van der Waals surface area contributed by atoms with Gasteiger partial charge in [-0.05, 0) is 67.4 Å². The van der Waals surface area contributed by atoms with Gasteiger partial charge < -0.3 is 9.84 Å². The fourth-order valence-corrected chi connectivity index (χ4v) is 4.05. The van der Waals surface area contributed by atoms with Crippen LogP contribution in [0.2, 0.25) is 5.02 Å². The summed E-state index contributed by atoms with van der Waals surface area (Å²) in [6.07, 6.45) is 0. The molecule has 0 saturated carbocycles. The summed E-state index contributed by atoms with van der Waals surface area (Å²) in [4.78, 5) is 27.7. The van der Waals surface area contributed by atoms with Crippen LogP contribution in [0.5, 0.6) is 5.75 Å². The number of carbonyl (C=O) groups is 2. The molecule has 4 rings (SSSR count). The zero-order valence-electron chi connectivity index (χ0n) is 17.7. The van der Waals surface area contributed by atoms with Gasteiger partial charge in [0.2, 0.25) is 0 Å². The lowest BCUT2D eigenvalue weighted by Gasteiger charge is -2.25. The van der Waals surface area contributed by atoms with Crippen LogP contribution in [0.25, 0.3) is 5.76 Å². The van der Waals surface area contributed by atoms with Gasteiger partial charge in [-0.3, -0.25) is 14.5 Å². The summed E-state index contributed by atoms with van der Waals surface area (Å²) in [6, 6.07) is 20.3. The van der Waals surface area contributed by atoms with Crippen molar-refractivity contribution in [1.82, 2.24) is 0 Å². The molecule has 6 heteroatoms. The van der Waals surface area contributed by atoms with Gasteiger partial charge in [-0.1, -0.05) is 41.9 Å². The highest BCUT2D eigenvalue weighted by Crippen LogP contribution is 2.42. The minimum Gasteiger partial charge on any atom is -0.507 e. The Balaban J connectivity index is 1.89. The quantitative estimate of drug-likeness (QED) is 0.310. The molecule has 0 radical (unpaired) electrons. The second-order valence-corrected chi connectivity index (χ2v) is 7.91. The van der Waals surface area contributed by atoms with Crippen molar-refractivity contribution in [2.24, 2.45) is 0 Å². The first kappa shape index (κ1) is 21.7. The smallest absolute Gasteiger partial charge is 0.300 e. The number of anilines is 1. The van der Waals surface area contributed by atoms with E-state index in [1.165, 1.54) is 4.90 Å². The highest BCUT2D eigenvalue weighted by Gasteiger charge is 2.46. The Morgan fingerprint density at radius 3 is 2.34 bits per heavy atom. The van der Waals surface area contributed by atoms with E-state index < -0.39 is 17.7 Å². The molecule has 162 valence electrons. The van der Waals surface area contributed by atoms with E-state index in [-0.39, 0.29) is 11.3 Å². The molecule has 0 aliphatic carbocycles. The molecule has 1 aliphatic rings. The molecule has 3 aromatic carbocycles. The van der Waals surface area contributed by atoms with Crippen LogP contribution in [-0.4, -0.2) is 23.4 Å². The number of ketones is 1. The minimum absolute atomic E-state index is 0.0414. The fourth-order valence-electron chi connectivity index (χ4n) is 3.92. The lowest BCUT2D eigenvalue weighted by Crippen LogP contribution is -2.29. The monoisotopic (exact) mass is 447 g/mol. The van der Waals surface area contributed by atoms with Gasteiger partial charge in [-0.15, -0.1) is 0 Å². The van der Waals surface area contributed by atoms with E-state index in [0.717, 1.165) is 5.56 Å². The van der Waals surface area contributed by atoms with Crippen molar-refractivity contribution in [1.29, 1.82) is 0 Å². The van der Waals surface area contributed by atoms with Gasteiger partial charge >= 0.3 is 0 Å². The topological polar surface area (TPSA) is 66.8 Å². The zero-order valence-corrected chi connectivity index (χ0v) is 18.5. The SMILES string of the molecule is CCOc1ccc(/C(O)=C2/C(=O)C(=O)N(c3ccc(Cl)cc3)C2c2ccccc2)cc1C. The Hall–Kier alpha value is -3.57. The number of nitrogens with zero attached hydrogens (tertiary/aromatic N) is 1. The van der Waals surface area contributed by atoms with Crippen LogP contribution in [0.15, 0.2) is 78.4 Å². The highest BCUT2D eigenvalue weighted by atomic mass is 35.5. The van der Waals surface area contributed by atoms with Gasteiger partial charge in [0, 0.05) is 16.3 Å². The van der Waals surface area contributed by atoms with Crippen LogP contribution < -0.4 is 9.64 Å². The molecular weight excluding hydrogens is 426 g/mol. The summed E-state index contributed by atoms with van der Waals surface area (Å²) in [7, 11) is 0. The Bertz CT molecular complexity index is 1200. The van der Waals surface area contributed by atoms with E-state index in [0.29, 0.717) is 34.2 Å². The summed E-state index contributed by atoms with van der Waals surface area (Å²) in [5.41, 5.74) is 2.54. The number of rotatable bonds is 5. The van der Waals surface area contributed by atoms with Crippen LogP contribution in [0.3, 0.4) is 0 Å². The van der Waals surface area contributed by atoms with Crippen LogP contribution in [0.4, 0.5) is 5.69 Å². The maximum Gasteiger partial charge on any atom is 0.300 e. The van der Waals surface area contributed by atoms with Gasteiger partial charge in [0.15, 0.2) is 0 Å². The Kier molecular flexibility index (Phi) is 6.01. The number of Topliss-reactive ketones (excluding diaryl/α,β-unsaturated/α-hetero) is 1. The maximum atomic E-state index is 13.1. The fraction of sp³-hybridized carbons (Fsp3) is 0.154. The molecule has 0 aromatic heterocycles. The molecule has 3 aromatic rings. The van der Waals surface area contributed by atoms with Gasteiger partial charge in [0.25, 0.3) is 11.7 Å². The van der Waals surface area contributed by atoms with Crippen molar-refractivity contribution in [2.45, 2.75) is 19.9 Å². The van der Waals surface area contributed by atoms with Gasteiger partial charge in [0.1, 0.15) is 11.5 Å². The van der Waals surface area contributed by atoms with Gasteiger partial charge in [0.05, 0.1) is 18.2 Å². The third-order valence-electron chi connectivity index (χ3n) is 5.41. The van der Waals surface area contributed by atoms with Crippen molar-refractivity contribution in [3.05, 3.63) is 100 Å². The molecular formula is C26H22ClNO4. The number of hydrogen-bond donors (Lipinski definition) is 1. The standard InChI is InChI=1S/C26H22ClNO4/c1-3-32-21-14-9-18(15-16(21)2)24(29)22-23(17-7-5-4-6-8-17)28(26(31)25(22)30)20-12-10-19(27)11-13-20/h4-15,23,29H,3H2,1-2H3/b24-22-. The molecule has 1 unspecified atom stereocenters. The molecule has 1 fully saturated rings. The average molecular weight is 448 g/mol. The summed E-state index contributed by atoms with van der Waals surface area (Å²) in [6.45, 7) is 4.28. The number of benzene rings is 3. The van der Waals surface area contributed by atoms with E-state index in [9.17, 15) is 14.7 Å². The van der Waals surface area contributed by atoms with E-state index >= 15 is 0 Å². The largest absolute Gasteiger partial charge is 0.507 e. The third kappa shape index (κ3) is 3.87. The second kappa shape index (κ2) is 8.89. The van der Waals surface area contributed by atoms with Crippen molar-refractivity contribution in [3.63, 3.8) is 0 Å². The molecule has 1 N–H and O–H groups in total. The number of aliphatic hydroxyl groups excluding tert-OH is 1. The normalized spacial score (nSPS) is 17.6. The maximum absolute atomic E-state index is 13.1. The first-order valence-corrected chi connectivity index (χ1v) is 10.7. The van der Waals surface area contributed by atoms with Gasteiger partial charge in [-0.2, -0.15) is 0 Å². The van der Waals surface area contributed by atoms with Crippen LogP contribution >= 0.6 is 11.6 Å². The number of amides is 1. The molecule has 5 nitrogen and oxygen atoms in total. The Morgan fingerprint density at radius 2 is 1.72 bits per heavy atom. The first-order chi connectivity index (χ1) is 15.4. The molecule has 1 saturated heterocycles. The van der Waals surface area contributed by atoms with Crippen LogP contribution in [0.1, 0.15) is 29.7 Å². The highest BCUT2D eigenvalue weighted by molar-refractivity contribution is 6.51. The number of aryl methyl sites for hydroxylation is 1. The molecule has 0 bridgehead atoms. The summed E-state index contributed by atoms with van der Waals surface area (Å²) in [5, 5.41) is 11.7. The summed E-state index contributed by atoms with van der Waals surface area (Å²) < 4.78 is 5.57. The molecule has 32 heavy (non-hydrogen) atoms. The van der Waals surface area contributed by atoms with Crippen molar-refractivity contribution >= 4 is 34.7 Å². The molecule has 1 amide bonds. The lowest BCUT2D eigenvalue weighted by molar-refractivity contribution is -0.132. The lowest BCUT2D eigenvalue weighted by atomic mass is 9.94. The molecule has 1 aliphatic heterocycles. The van der Waals surface area contributed by atoms with Crippen LogP contribution in [-0.2, 0) is 9.59 Å². The molecule has 1 heterocycles. The van der Waals surface area contributed by atoms with E-state index in [4.69, 9.17) is 16.3 Å². The molecule has 0 spiro atoms. The number of aliphatic hydroxyl groups is 1. The van der Waals surface area contributed by atoms with Crippen LogP contribution in [0, 0.1) is 6.92 Å². The minimum atomic E-state index is -0.774. The van der Waals surface area contributed by atoms with Crippen molar-refractivity contribution in [2.75, 3.05) is 11.5 Å². The van der Waals surface area contributed by atoms with Crippen molar-refractivity contribution < 1.29 is 19.4 Å². The third-order valence-corrected chi connectivity index (χ3v) is 5.66. The number of ether oxygens (including phenoxy) is 1. The molecule has 1 atom stereocenters. The van der Waals surface area contributed by atoms with E-state index in [1.54, 1.807) is 42.5 Å². The number of carbonyl (C=O) groups excluding carboxylic acids is 2. The van der Waals surface area contributed by atoms with E-state index in [1.807, 2.05) is 44.2 Å². The average Bonchev–Trinajstić information content (AvgIpc) is 3.06. The first-order valence-electron chi connectivity index (χ1n) is 10.3. The Morgan fingerprint density at radius 1 is 1.03 bits per heavy atom. The second-order valence-electron chi connectivity index (χ2n) is 7.47. The predicted octanol–water partition coefficient (Wildman–Crippen LogP) is 5.67. The Labute approximate surface area is 191 Å². The van der Waals surface area contributed by atoms with Crippen molar-refractivity contribution in [3.8, 4) is 5.75 Å². The zero-order chi connectivity index (χ0) is 22.8. The number of halogens is 1. The van der Waals surface area contributed by atoms with Gasteiger partial charge in [-0.25, -0.2) is 0 Å². The predicted molar refractivity (Wildman–Crippen MR) is 125 cm³/mol. The summed E-state index contributed by atoms with van der Waals surface area (Å²) >= 11 is 6.02. The number of hydrogen-bond acceptors (Lipinski definition) is 4. The summed E-state index contributed by atoms with van der Waals surface area (Å²) in [5.74, 6) is -0.965. The van der Waals surface area contributed by atoms with E-state index in [2.05, 4.69) is 0 Å².